The molecule has 1 heterocycles. The number of hydrogen-bond acceptors (Lipinski definition) is 3. The van der Waals surface area contributed by atoms with E-state index in [1.807, 2.05) is 24.3 Å². The zero-order valence-corrected chi connectivity index (χ0v) is 16.9. The second-order valence-corrected chi connectivity index (χ2v) is 6.90. The second-order valence-electron chi connectivity index (χ2n) is 6.46. The molecule has 144 valence electrons. The highest BCUT2D eigenvalue weighted by Crippen LogP contribution is 2.31. The Kier molecular flexibility index (Phi) is 5.94. The summed E-state index contributed by atoms with van der Waals surface area (Å²) in [6, 6.07) is 19.5. The molecule has 4 aromatic rings. The van der Waals surface area contributed by atoms with Crippen molar-refractivity contribution >= 4 is 45.6 Å². The lowest BCUT2D eigenvalue weighted by atomic mass is 10.1. The number of rotatable bonds is 4. The fourth-order valence-corrected chi connectivity index (χ4v) is 3.63. The molecule has 4 nitrogen and oxygen atoms in total. The van der Waals surface area contributed by atoms with E-state index < -0.39 is 0 Å². The molecule has 0 spiro atoms. The number of hydrogen-bond donors (Lipinski definition) is 1. The number of nitrogens with two attached hydrogens (primary N) is 1. The van der Waals surface area contributed by atoms with Crippen LogP contribution in [0.3, 0.4) is 0 Å². The van der Waals surface area contributed by atoms with Gasteiger partial charge in [-0.15, -0.1) is 12.4 Å². The summed E-state index contributed by atoms with van der Waals surface area (Å²) in [6.07, 6.45) is 0. The van der Waals surface area contributed by atoms with E-state index in [-0.39, 0.29) is 24.5 Å². The van der Waals surface area contributed by atoms with Crippen molar-refractivity contribution in [3.8, 4) is 5.75 Å². The highest BCUT2D eigenvalue weighted by atomic mass is 35.5. The van der Waals surface area contributed by atoms with Crippen molar-refractivity contribution in [1.29, 1.82) is 0 Å². The Labute approximate surface area is 173 Å². The van der Waals surface area contributed by atoms with Crippen molar-refractivity contribution in [3.05, 3.63) is 87.3 Å². The molecule has 0 aliphatic heterocycles. The molecular weight excluding hydrogens is 395 g/mol. The lowest BCUT2D eigenvalue weighted by Gasteiger charge is -2.17. The van der Waals surface area contributed by atoms with Gasteiger partial charge in [-0.05, 0) is 34.5 Å². The third-order valence-corrected chi connectivity index (χ3v) is 5.11. The molecule has 0 aliphatic carbocycles. The number of ether oxygens (including phenoxy) is 1. The number of benzene rings is 3. The zero-order chi connectivity index (χ0) is 19.0. The lowest BCUT2D eigenvalue weighted by molar-refractivity contribution is 0.304. The van der Waals surface area contributed by atoms with Gasteiger partial charge in [0.25, 0.3) is 5.56 Å². The molecule has 0 bridgehead atoms. The molecular formula is C22H20Cl2N2O2. The van der Waals surface area contributed by atoms with E-state index in [2.05, 4.69) is 18.2 Å². The first-order valence-corrected chi connectivity index (χ1v) is 9.08. The molecule has 3 aromatic carbocycles. The molecule has 0 saturated heterocycles. The Bertz CT molecular complexity index is 1210. The van der Waals surface area contributed by atoms with E-state index >= 15 is 0 Å². The maximum absolute atomic E-state index is 12.6. The molecule has 4 rings (SSSR count). The van der Waals surface area contributed by atoms with Gasteiger partial charge in [0.1, 0.15) is 12.4 Å². The Morgan fingerprint density at radius 3 is 2.54 bits per heavy atom. The molecule has 0 radical (unpaired) electrons. The van der Waals surface area contributed by atoms with Gasteiger partial charge in [0.15, 0.2) is 0 Å². The fraction of sp³-hybridized carbons (Fsp3) is 0.136. The maximum Gasteiger partial charge on any atom is 0.258 e. The molecule has 2 N–H and O–H groups in total. The van der Waals surface area contributed by atoms with Gasteiger partial charge in [-0.2, -0.15) is 0 Å². The van der Waals surface area contributed by atoms with Gasteiger partial charge in [-0.3, -0.25) is 4.79 Å². The number of fused-ring (bicyclic) bond motifs is 2. The van der Waals surface area contributed by atoms with Gasteiger partial charge in [-0.1, -0.05) is 54.1 Å². The molecule has 0 atom stereocenters. The van der Waals surface area contributed by atoms with Gasteiger partial charge in [0, 0.05) is 24.0 Å². The highest BCUT2D eigenvalue weighted by molar-refractivity contribution is 6.31. The minimum absolute atomic E-state index is 0. The van der Waals surface area contributed by atoms with Crippen molar-refractivity contribution in [1.82, 2.24) is 4.57 Å². The Morgan fingerprint density at radius 2 is 1.75 bits per heavy atom. The van der Waals surface area contributed by atoms with E-state index in [1.54, 1.807) is 29.8 Å². The molecule has 6 heteroatoms. The second kappa shape index (κ2) is 8.23. The van der Waals surface area contributed by atoms with Crippen molar-refractivity contribution in [2.75, 3.05) is 0 Å². The molecule has 1 aromatic heterocycles. The summed E-state index contributed by atoms with van der Waals surface area (Å²) in [5, 5.41) is 4.10. The SMILES string of the molecule is Cl.Cn1c(CN)c(OCc2cccc3ccccc23)c2cc(Cl)ccc2c1=O. The van der Waals surface area contributed by atoms with Gasteiger partial charge in [-0.25, -0.2) is 0 Å². The average molecular weight is 415 g/mol. The zero-order valence-electron chi connectivity index (χ0n) is 15.3. The topological polar surface area (TPSA) is 57.2 Å². The normalized spacial score (nSPS) is 10.8. The van der Waals surface area contributed by atoms with Crippen LogP contribution in [0.5, 0.6) is 5.75 Å². The van der Waals surface area contributed by atoms with E-state index in [0.717, 1.165) is 16.3 Å². The van der Waals surface area contributed by atoms with E-state index in [0.29, 0.717) is 33.8 Å². The first kappa shape index (κ1) is 20.2. The Balaban J connectivity index is 0.00000225. The third kappa shape index (κ3) is 3.47. The first-order chi connectivity index (χ1) is 13.1. The van der Waals surface area contributed by atoms with Crippen LogP contribution in [-0.4, -0.2) is 4.57 Å². The summed E-state index contributed by atoms with van der Waals surface area (Å²) >= 11 is 6.18. The van der Waals surface area contributed by atoms with Crippen LogP contribution in [0.2, 0.25) is 5.02 Å². The maximum atomic E-state index is 12.6. The Morgan fingerprint density at radius 1 is 1.00 bits per heavy atom. The third-order valence-electron chi connectivity index (χ3n) is 4.87. The van der Waals surface area contributed by atoms with Crippen molar-refractivity contribution in [3.63, 3.8) is 0 Å². The summed E-state index contributed by atoms with van der Waals surface area (Å²) < 4.78 is 7.78. The molecule has 0 amide bonds. The van der Waals surface area contributed by atoms with Gasteiger partial charge in [0.2, 0.25) is 0 Å². The van der Waals surface area contributed by atoms with Gasteiger partial charge in [0.05, 0.1) is 11.1 Å². The van der Waals surface area contributed by atoms with Gasteiger partial charge >= 0.3 is 0 Å². The van der Waals surface area contributed by atoms with Crippen LogP contribution < -0.4 is 16.0 Å². The molecule has 0 unspecified atom stereocenters. The molecule has 0 aliphatic rings. The van der Waals surface area contributed by atoms with E-state index in [9.17, 15) is 4.79 Å². The number of pyridine rings is 1. The lowest BCUT2D eigenvalue weighted by Crippen LogP contribution is -2.23. The summed E-state index contributed by atoms with van der Waals surface area (Å²) in [5.74, 6) is 0.602. The predicted molar refractivity (Wildman–Crippen MR) is 118 cm³/mol. The number of nitrogens with zero attached hydrogens (tertiary/aromatic N) is 1. The molecule has 28 heavy (non-hydrogen) atoms. The quantitative estimate of drug-likeness (QED) is 0.521. The van der Waals surface area contributed by atoms with Crippen LogP contribution in [-0.2, 0) is 20.2 Å². The first-order valence-electron chi connectivity index (χ1n) is 8.71. The summed E-state index contributed by atoms with van der Waals surface area (Å²) in [4.78, 5) is 12.6. The summed E-state index contributed by atoms with van der Waals surface area (Å²) in [6.45, 7) is 0.563. The van der Waals surface area contributed by atoms with Gasteiger partial charge < -0.3 is 15.0 Å². The predicted octanol–water partition coefficient (Wildman–Crippen LogP) is 4.80. The largest absolute Gasteiger partial charge is 0.486 e. The minimum Gasteiger partial charge on any atom is -0.486 e. The van der Waals surface area contributed by atoms with Crippen LogP contribution in [0.4, 0.5) is 0 Å². The fourth-order valence-electron chi connectivity index (χ4n) is 3.46. The minimum atomic E-state index is -0.111. The van der Waals surface area contributed by atoms with Crippen molar-refractivity contribution < 1.29 is 4.74 Å². The van der Waals surface area contributed by atoms with Crippen LogP contribution >= 0.6 is 24.0 Å². The van der Waals surface area contributed by atoms with Crippen LogP contribution in [0.1, 0.15) is 11.3 Å². The number of aromatic nitrogens is 1. The average Bonchev–Trinajstić information content (AvgIpc) is 2.69. The molecule has 0 saturated carbocycles. The smallest absolute Gasteiger partial charge is 0.258 e. The van der Waals surface area contributed by atoms with Crippen LogP contribution in [0.15, 0.2) is 65.5 Å². The van der Waals surface area contributed by atoms with Crippen molar-refractivity contribution in [2.24, 2.45) is 12.8 Å². The van der Waals surface area contributed by atoms with E-state index in [1.165, 1.54) is 0 Å². The summed E-state index contributed by atoms with van der Waals surface area (Å²) in [7, 11) is 1.71. The van der Waals surface area contributed by atoms with Crippen LogP contribution in [0, 0.1) is 0 Å². The monoisotopic (exact) mass is 414 g/mol. The number of halogens is 2. The Hall–Kier alpha value is -2.53. The summed E-state index contributed by atoms with van der Waals surface area (Å²) in [5.41, 5.74) is 7.54. The highest BCUT2D eigenvalue weighted by Gasteiger charge is 2.16. The standard InChI is InChI=1S/C22H19ClN2O2.ClH/c1-25-20(12-24)21(19-11-16(23)9-10-18(19)22(25)26)27-13-15-7-4-6-14-5-2-3-8-17(14)15;/h2-11H,12-13,24H2,1H3;1H. The van der Waals surface area contributed by atoms with E-state index in [4.69, 9.17) is 22.1 Å². The van der Waals surface area contributed by atoms with Crippen LogP contribution in [0.25, 0.3) is 21.5 Å². The molecule has 0 fully saturated rings. The van der Waals surface area contributed by atoms with Crippen molar-refractivity contribution in [2.45, 2.75) is 13.2 Å².